The maximum atomic E-state index is 3.25. The van der Waals surface area contributed by atoms with Crippen molar-refractivity contribution in [2.24, 2.45) is 0 Å². The van der Waals surface area contributed by atoms with Crippen molar-refractivity contribution in [1.82, 2.24) is 0 Å². The fourth-order valence-corrected chi connectivity index (χ4v) is 0. The van der Waals surface area contributed by atoms with E-state index in [4.69, 9.17) is 0 Å². The third-order valence-corrected chi connectivity index (χ3v) is 0. The predicted octanol–water partition coefficient (Wildman–Crippen LogP) is 1.43. The Hall–Kier alpha value is 0.419. The molecule has 0 heterocycles. The Kier molecular flexibility index (Phi) is 92.8. The van der Waals surface area contributed by atoms with Crippen LogP contribution in [0, 0.1) is 6.92 Å². The second-order valence-corrected chi connectivity index (χ2v) is 0.289. The summed E-state index contributed by atoms with van der Waals surface area (Å²) in [6.45, 7) is 6.50. The molecule has 0 rings (SSSR count). The van der Waals surface area contributed by atoms with Gasteiger partial charge in [0.05, 0.1) is 0 Å². The average molecular weight is 141 g/mol. The van der Waals surface area contributed by atoms with Crippen LogP contribution in [0.25, 0.3) is 0 Å². The summed E-state index contributed by atoms with van der Waals surface area (Å²) in [4.78, 5) is 0. The van der Waals surface area contributed by atoms with Crippen LogP contribution in [0.4, 0.5) is 0 Å². The molecular weight excluding hydrogens is 135 g/mol. The van der Waals surface area contributed by atoms with E-state index in [2.05, 4.69) is 13.5 Å². The van der Waals surface area contributed by atoms with Gasteiger partial charge in [0.2, 0.25) is 0 Å². The van der Waals surface area contributed by atoms with Gasteiger partial charge in [0.25, 0.3) is 0 Å². The van der Waals surface area contributed by atoms with E-state index in [1.54, 1.807) is 0 Å². The fourth-order valence-electron chi connectivity index (χ4n) is 0. The zero-order valence-corrected chi connectivity index (χ0v) is 4.46. The third-order valence-electron chi connectivity index (χ3n) is 0. The molecule has 0 saturated carbocycles. The number of hydrogen-bond donors (Lipinski definition) is 0. The molecule has 0 N–H and O–H groups in total. The first-order valence-corrected chi connectivity index (χ1v) is 0.816. The molecule has 0 saturated heterocycles. The second kappa shape index (κ2) is 25.6. The number of allylic oxidation sites excluding steroid dienone is 1. The van der Waals surface area contributed by atoms with Gasteiger partial charge in [0.1, 0.15) is 0 Å². The SMILES string of the molecule is C=C[CH2-].Cl.[Cu+]. The molecule has 36 valence electrons. The number of hydrogen-bond acceptors (Lipinski definition) is 0. The normalized spacial score (nSPS) is 2.40. The van der Waals surface area contributed by atoms with E-state index in [0.29, 0.717) is 0 Å². The molecule has 0 bridgehead atoms. The van der Waals surface area contributed by atoms with Crippen LogP contribution in [-0.2, 0) is 17.1 Å². The minimum absolute atomic E-state index is 0. The van der Waals surface area contributed by atoms with Crippen molar-refractivity contribution in [2.45, 2.75) is 0 Å². The van der Waals surface area contributed by atoms with E-state index in [-0.39, 0.29) is 29.5 Å². The van der Waals surface area contributed by atoms with Crippen LogP contribution < -0.4 is 0 Å². The maximum Gasteiger partial charge on any atom is 1.00 e. The molecule has 0 radical (unpaired) electrons. The standard InChI is InChI=1S/C3H5.ClH.Cu/c1-3-2;;/h3H,1-2H2;1H;/q-1;;+1. The molecule has 0 amide bonds. The first-order valence-electron chi connectivity index (χ1n) is 0.816. The summed E-state index contributed by atoms with van der Waals surface area (Å²) in [5, 5.41) is 0. The molecule has 0 nitrogen and oxygen atoms in total. The first kappa shape index (κ1) is 18.1. The van der Waals surface area contributed by atoms with Gasteiger partial charge < -0.3 is 0 Å². The van der Waals surface area contributed by atoms with Crippen molar-refractivity contribution in [3.05, 3.63) is 19.6 Å². The molecule has 0 aromatic rings. The van der Waals surface area contributed by atoms with Gasteiger partial charge >= 0.3 is 17.1 Å². The van der Waals surface area contributed by atoms with E-state index >= 15 is 0 Å². The Labute approximate surface area is 49.5 Å². The Balaban J connectivity index is -0.0000000200. The Morgan fingerprint density at radius 2 is 1.60 bits per heavy atom. The van der Waals surface area contributed by atoms with Crippen molar-refractivity contribution in [2.75, 3.05) is 0 Å². The smallest absolute Gasteiger partial charge is 0.245 e. The Morgan fingerprint density at radius 1 is 1.60 bits per heavy atom. The minimum Gasteiger partial charge on any atom is -0.245 e. The zero-order chi connectivity index (χ0) is 2.71. The van der Waals surface area contributed by atoms with Gasteiger partial charge in [0.15, 0.2) is 0 Å². The average Bonchev–Trinajstić information content (AvgIpc) is 0.918. The van der Waals surface area contributed by atoms with E-state index in [1.807, 2.05) is 0 Å². The Bertz CT molecular complexity index is 14.4. The zero-order valence-electron chi connectivity index (χ0n) is 2.70. The third kappa shape index (κ3) is 147. The molecule has 0 atom stereocenters. The van der Waals surface area contributed by atoms with Gasteiger partial charge in [-0.3, -0.25) is 0 Å². The van der Waals surface area contributed by atoms with Crippen LogP contribution in [0.1, 0.15) is 0 Å². The van der Waals surface area contributed by atoms with Gasteiger partial charge in [-0.2, -0.15) is 0 Å². The van der Waals surface area contributed by atoms with E-state index in [0.717, 1.165) is 0 Å². The number of halogens is 1. The molecule has 0 aromatic carbocycles. The topological polar surface area (TPSA) is 0 Å². The summed E-state index contributed by atoms with van der Waals surface area (Å²) in [6, 6.07) is 0. The van der Waals surface area contributed by atoms with Gasteiger partial charge in [-0.15, -0.1) is 12.4 Å². The van der Waals surface area contributed by atoms with Crippen LogP contribution in [-0.4, -0.2) is 0 Å². The van der Waals surface area contributed by atoms with Crippen LogP contribution >= 0.6 is 12.4 Å². The molecule has 0 aromatic heterocycles. The van der Waals surface area contributed by atoms with Crippen molar-refractivity contribution >= 4 is 12.4 Å². The van der Waals surface area contributed by atoms with Crippen molar-refractivity contribution in [3.8, 4) is 0 Å². The van der Waals surface area contributed by atoms with Gasteiger partial charge in [-0.25, -0.2) is 19.6 Å². The summed E-state index contributed by atoms with van der Waals surface area (Å²) in [5.74, 6) is 0. The minimum atomic E-state index is 0. The van der Waals surface area contributed by atoms with Crippen LogP contribution in [0.2, 0.25) is 0 Å². The number of rotatable bonds is 0. The molecule has 0 aliphatic rings. The molecule has 2 heteroatoms. The van der Waals surface area contributed by atoms with Crippen LogP contribution in [0.3, 0.4) is 0 Å². The van der Waals surface area contributed by atoms with E-state index in [9.17, 15) is 0 Å². The molecule has 0 fully saturated rings. The molecule has 0 spiro atoms. The predicted molar refractivity (Wildman–Crippen MR) is 22.8 cm³/mol. The largest absolute Gasteiger partial charge is 1.00 e. The summed E-state index contributed by atoms with van der Waals surface area (Å²) in [5.41, 5.74) is 0. The summed E-state index contributed by atoms with van der Waals surface area (Å²) < 4.78 is 0. The van der Waals surface area contributed by atoms with Crippen LogP contribution in [0.5, 0.6) is 0 Å². The van der Waals surface area contributed by atoms with Gasteiger partial charge in [-0.1, -0.05) is 0 Å². The van der Waals surface area contributed by atoms with E-state index < -0.39 is 0 Å². The van der Waals surface area contributed by atoms with Gasteiger partial charge in [-0.05, 0) is 0 Å². The van der Waals surface area contributed by atoms with Crippen molar-refractivity contribution in [1.29, 1.82) is 0 Å². The summed E-state index contributed by atoms with van der Waals surface area (Å²) in [7, 11) is 0. The maximum absolute atomic E-state index is 3.25. The summed E-state index contributed by atoms with van der Waals surface area (Å²) >= 11 is 0. The molecule has 5 heavy (non-hydrogen) atoms. The fraction of sp³-hybridized carbons (Fsp3) is 0. The van der Waals surface area contributed by atoms with Crippen LogP contribution in [0.15, 0.2) is 12.7 Å². The van der Waals surface area contributed by atoms with Gasteiger partial charge in [0, 0.05) is 0 Å². The Morgan fingerprint density at radius 3 is 1.60 bits per heavy atom. The van der Waals surface area contributed by atoms with Crippen molar-refractivity contribution in [3.63, 3.8) is 0 Å². The first-order chi connectivity index (χ1) is 1.41. The quantitative estimate of drug-likeness (QED) is 0.353. The molecule has 0 aliphatic heterocycles. The molecule has 0 aliphatic carbocycles. The second-order valence-electron chi connectivity index (χ2n) is 0.289. The van der Waals surface area contributed by atoms with Crippen molar-refractivity contribution < 1.29 is 17.1 Å². The monoisotopic (exact) mass is 140 g/mol. The summed E-state index contributed by atoms with van der Waals surface area (Å²) in [6.07, 6.45) is 1.50. The molecule has 0 unspecified atom stereocenters. The molecular formula is C3H6ClCu. The van der Waals surface area contributed by atoms with E-state index in [1.165, 1.54) is 6.08 Å².